The van der Waals surface area contributed by atoms with Gasteiger partial charge in [-0.25, -0.2) is 0 Å². The van der Waals surface area contributed by atoms with Crippen molar-refractivity contribution in [3.63, 3.8) is 0 Å². The van der Waals surface area contributed by atoms with Crippen LogP contribution in [0.4, 0.5) is 0 Å². The lowest BCUT2D eigenvalue weighted by molar-refractivity contribution is 0.0975. The first-order valence-electron chi connectivity index (χ1n) is 5.30. The summed E-state index contributed by atoms with van der Waals surface area (Å²) in [6.07, 6.45) is 4.92. The van der Waals surface area contributed by atoms with E-state index in [1.807, 2.05) is 6.92 Å². The minimum absolute atomic E-state index is 0.110. The van der Waals surface area contributed by atoms with Gasteiger partial charge in [-0.1, -0.05) is 0 Å². The SMILES string of the molecule is Cc1ccnc2c1C(=O)c1cn(C)cc1C2=O. The second-order valence-corrected chi connectivity index (χ2v) is 4.26. The van der Waals surface area contributed by atoms with E-state index in [1.165, 1.54) is 0 Å². The normalized spacial score (nSPS) is 13.5. The standard InChI is InChI=1S/C13H10N2O2/c1-7-3-4-14-11-10(7)12(16)8-5-15(2)6-9(8)13(11)17/h3-6H,1-2H3. The number of carbonyl (C=O) groups excluding carboxylic acids is 2. The van der Waals surface area contributed by atoms with Crippen LogP contribution in [0, 0.1) is 6.92 Å². The molecular formula is C13H10N2O2. The number of ketones is 2. The van der Waals surface area contributed by atoms with Crippen LogP contribution in [0.5, 0.6) is 0 Å². The highest BCUT2D eigenvalue weighted by atomic mass is 16.1. The molecule has 0 saturated carbocycles. The summed E-state index contributed by atoms with van der Waals surface area (Å²) in [6.45, 7) is 1.82. The van der Waals surface area contributed by atoms with Crippen LogP contribution in [-0.2, 0) is 7.05 Å². The fraction of sp³-hybridized carbons (Fsp3) is 0.154. The molecule has 2 aromatic heterocycles. The summed E-state index contributed by atoms with van der Waals surface area (Å²) in [5.41, 5.74) is 2.43. The lowest BCUT2D eigenvalue weighted by Gasteiger charge is -2.14. The smallest absolute Gasteiger partial charge is 0.214 e. The van der Waals surface area contributed by atoms with E-state index in [4.69, 9.17) is 0 Å². The molecule has 4 nitrogen and oxygen atoms in total. The molecule has 2 aromatic rings. The molecule has 0 radical (unpaired) electrons. The van der Waals surface area contributed by atoms with Crippen molar-refractivity contribution in [2.24, 2.45) is 7.05 Å². The highest BCUT2D eigenvalue weighted by molar-refractivity contribution is 6.28. The third-order valence-corrected chi connectivity index (χ3v) is 3.05. The molecule has 84 valence electrons. The van der Waals surface area contributed by atoms with Crippen molar-refractivity contribution < 1.29 is 9.59 Å². The summed E-state index contributed by atoms with van der Waals surface area (Å²) in [5, 5.41) is 0. The first-order valence-corrected chi connectivity index (χ1v) is 5.30. The van der Waals surface area contributed by atoms with Crippen LogP contribution in [0.2, 0.25) is 0 Å². The van der Waals surface area contributed by atoms with Crippen molar-refractivity contribution in [3.8, 4) is 0 Å². The van der Waals surface area contributed by atoms with Crippen molar-refractivity contribution >= 4 is 11.6 Å². The van der Waals surface area contributed by atoms with Gasteiger partial charge >= 0.3 is 0 Å². The summed E-state index contributed by atoms with van der Waals surface area (Å²) in [6, 6.07) is 1.75. The van der Waals surface area contributed by atoms with E-state index in [2.05, 4.69) is 4.98 Å². The molecule has 4 heteroatoms. The van der Waals surface area contributed by atoms with E-state index >= 15 is 0 Å². The number of hydrogen-bond acceptors (Lipinski definition) is 3. The molecule has 0 unspecified atom stereocenters. The van der Waals surface area contributed by atoms with Crippen molar-refractivity contribution in [1.82, 2.24) is 9.55 Å². The van der Waals surface area contributed by atoms with E-state index in [0.717, 1.165) is 5.56 Å². The Morgan fingerprint density at radius 3 is 2.47 bits per heavy atom. The number of aryl methyl sites for hydroxylation is 2. The zero-order chi connectivity index (χ0) is 12.2. The molecule has 1 aliphatic carbocycles. The molecule has 0 aliphatic heterocycles. The van der Waals surface area contributed by atoms with Gasteiger partial charge in [-0.3, -0.25) is 14.6 Å². The molecule has 2 heterocycles. The number of aromatic nitrogens is 2. The number of fused-ring (bicyclic) bond motifs is 2. The average Bonchev–Trinajstić information content (AvgIpc) is 2.68. The molecule has 0 fully saturated rings. The zero-order valence-electron chi connectivity index (χ0n) is 9.52. The van der Waals surface area contributed by atoms with E-state index in [1.54, 1.807) is 36.3 Å². The fourth-order valence-corrected chi connectivity index (χ4v) is 2.22. The average molecular weight is 226 g/mol. The van der Waals surface area contributed by atoms with Gasteiger partial charge in [0.1, 0.15) is 5.69 Å². The maximum Gasteiger partial charge on any atom is 0.214 e. The van der Waals surface area contributed by atoms with Crippen molar-refractivity contribution in [2.45, 2.75) is 6.92 Å². The molecule has 0 amide bonds. The number of carbonyl (C=O) groups is 2. The van der Waals surface area contributed by atoms with Gasteiger partial charge in [0, 0.05) is 25.6 Å². The van der Waals surface area contributed by atoms with E-state index < -0.39 is 0 Å². The molecule has 0 bridgehead atoms. The van der Waals surface area contributed by atoms with Crippen LogP contribution >= 0.6 is 0 Å². The Morgan fingerprint density at radius 2 is 1.76 bits per heavy atom. The van der Waals surface area contributed by atoms with E-state index in [0.29, 0.717) is 16.7 Å². The Morgan fingerprint density at radius 1 is 1.12 bits per heavy atom. The van der Waals surface area contributed by atoms with Crippen molar-refractivity contribution in [1.29, 1.82) is 0 Å². The van der Waals surface area contributed by atoms with Gasteiger partial charge in [-0.05, 0) is 18.6 Å². The maximum atomic E-state index is 12.3. The predicted octanol–water partition coefficient (Wildman–Crippen LogP) is 1.50. The third-order valence-electron chi connectivity index (χ3n) is 3.05. The quantitative estimate of drug-likeness (QED) is 0.583. The van der Waals surface area contributed by atoms with Crippen molar-refractivity contribution in [2.75, 3.05) is 0 Å². The summed E-state index contributed by atoms with van der Waals surface area (Å²) in [4.78, 5) is 28.5. The number of hydrogen-bond donors (Lipinski definition) is 0. The Hall–Kier alpha value is -2.23. The van der Waals surface area contributed by atoms with Crippen LogP contribution in [0.3, 0.4) is 0 Å². The minimum atomic E-state index is -0.168. The van der Waals surface area contributed by atoms with Gasteiger partial charge in [0.25, 0.3) is 0 Å². The molecule has 1 aliphatic rings. The summed E-state index contributed by atoms with van der Waals surface area (Å²) in [7, 11) is 1.80. The Bertz CT molecular complexity index is 668. The summed E-state index contributed by atoms with van der Waals surface area (Å²) >= 11 is 0. The summed E-state index contributed by atoms with van der Waals surface area (Å²) < 4.78 is 1.72. The lowest BCUT2D eigenvalue weighted by Crippen LogP contribution is -2.21. The van der Waals surface area contributed by atoms with E-state index in [9.17, 15) is 9.59 Å². The second-order valence-electron chi connectivity index (χ2n) is 4.26. The van der Waals surface area contributed by atoms with Crippen molar-refractivity contribution in [3.05, 3.63) is 52.6 Å². The molecule has 0 saturated heterocycles. The largest absolute Gasteiger partial charge is 0.356 e. The van der Waals surface area contributed by atoms with E-state index in [-0.39, 0.29) is 17.3 Å². The molecule has 0 aromatic carbocycles. The summed E-state index contributed by atoms with van der Waals surface area (Å²) in [5.74, 6) is -0.278. The number of rotatable bonds is 0. The van der Waals surface area contributed by atoms with Gasteiger partial charge in [0.2, 0.25) is 5.78 Å². The van der Waals surface area contributed by atoms with Crippen LogP contribution in [0.25, 0.3) is 0 Å². The topological polar surface area (TPSA) is 52.0 Å². The van der Waals surface area contributed by atoms with Gasteiger partial charge in [-0.2, -0.15) is 0 Å². The molecule has 17 heavy (non-hydrogen) atoms. The predicted molar refractivity (Wildman–Crippen MR) is 61.3 cm³/mol. The first kappa shape index (κ1) is 9.96. The van der Waals surface area contributed by atoms with Gasteiger partial charge in [0.15, 0.2) is 5.78 Å². The fourth-order valence-electron chi connectivity index (χ4n) is 2.22. The van der Waals surface area contributed by atoms with Gasteiger partial charge in [0.05, 0.1) is 16.7 Å². The molecule has 0 spiro atoms. The highest BCUT2D eigenvalue weighted by Crippen LogP contribution is 2.28. The van der Waals surface area contributed by atoms with Crippen LogP contribution in [0.15, 0.2) is 24.7 Å². The minimum Gasteiger partial charge on any atom is -0.356 e. The Balaban J connectivity index is 2.36. The molecule has 0 N–H and O–H groups in total. The van der Waals surface area contributed by atoms with Crippen LogP contribution in [0.1, 0.15) is 37.5 Å². The third kappa shape index (κ3) is 1.21. The molecule has 3 rings (SSSR count). The van der Waals surface area contributed by atoms with Crippen LogP contribution in [-0.4, -0.2) is 21.1 Å². The maximum absolute atomic E-state index is 12.3. The lowest BCUT2D eigenvalue weighted by atomic mass is 9.88. The Labute approximate surface area is 97.9 Å². The number of nitrogens with zero attached hydrogens (tertiary/aromatic N) is 2. The zero-order valence-corrected chi connectivity index (χ0v) is 9.52. The molecule has 0 atom stereocenters. The monoisotopic (exact) mass is 226 g/mol. The molecular weight excluding hydrogens is 216 g/mol. The van der Waals surface area contributed by atoms with Gasteiger partial charge in [-0.15, -0.1) is 0 Å². The number of pyridine rings is 1. The van der Waals surface area contributed by atoms with Gasteiger partial charge < -0.3 is 4.57 Å². The highest BCUT2D eigenvalue weighted by Gasteiger charge is 2.32. The first-order chi connectivity index (χ1) is 8.09. The Kier molecular flexibility index (Phi) is 1.84. The van der Waals surface area contributed by atoms with Crippen LogP contribution < -0.4 is 0 Å². The second kappa shape index (κ2) is 3.13.